The Balaban J connectivity index is -0.000000262. The van der Waals surface area contributed by atoms with Gasteiger partial charge in [0.05, 0.1) is 0 Å². The minimum absolute atomic E-state index is 0.304. The topological polar surface area (TPSA) is 26.3 Å². The van der Waals surface area contributed by atoms with Crippen LogP contribution in [0, 0.1) is 5.92 Å². The van der Waals surface area contributed by atoms with Gasteiger partial charge in [-0.2, -0.15) is 0 Å². The Kier molecular flexibility index (Phi) is 29.2. The summed E-state index contributed by atoms with van der Waals surface area (Å²) in [4.78, 5) is 10.3. The summed E-state index contributed by atoms with van der Waals surface area (Å²) >= 11 is 0. The predicted molar refractivity (Wildman–Crippen MR) is 91.4 cm³/mol. The van der Waals surface area contributed by atoms with Gasteiger partial charge in [-0.1, -0.05) is 66.7 Å². The van der Waals surface area contributed by atoms with E-state index < -0.39 is 0 Å². The summed E-state index contributed by atoms with van der Waals surface area (Å²) < 4.78 is 4.95. The predicted octanol–water partition coefficient (Wildman–Crippen LogP) is 6.03. The maximum atomic E-state index is 10.3. The molecule has 0 heterocycles. The molecule has 20 heavy (non-hydrogen) atoms. The molecule has 0 saturated carbocycles. The van der Waals surface area contributed by atoms with Crippen LogP contribution in [0.3, 0.4) is 0 Å². The molecule has 0 aromatic heterocycles. The average Bonchev–Trinajstić information content (AvgIpc) is 2.43. The van der Waals surface area contributed by atoms with Gasteiger partial charge in [-0.3, -0.25) is 0 Å². The maximum Gasteiger partial charge on any atom is 0.129 e. The van der Waals surface area contributed by atoms with Crippen LogP contribution in [0.25, 0.3) is 0 Å². The van der Waals surface area contributed by atoms with E-state index in [1.54, 1.807) is 14.0 Å². The van der Waals surface area contributed by atoms with Gasteiger partial charge in [-0.15, -0.1) is 0 Å². The van der Waals surface area contributed by atoms with E-state index in [9.17, 15) is 4.79 Å². The first-order chi connectivity index (χ1) is 9.54. The van der Waals surface area contributed by atoms with Crippen molar-refractivity contribution in [1.29, 1.82) is 0 Å². The molecule has 0 amide bonds. The van der Waals surface area contributed by atoms with Gasteiger partial charge < -0.3 is 9.53 Å². The van der Waals surface area contributed by atoms with E-state index in [0.717, 1.165) is 19.4 Å². The number of hydrogen-bond donors (Lipinski definition) is 0. The fraction of sp³-hybridized carbons (Fsp3) is 0.944. The van der Waals surface area contributed by atoms with Crippen molar-refractivity contribution < 1.29 is 9.53 Å². The number of Topliss-reactive ketones (excluding diaryl/α,β-unsaturated/α-hetero) is 1. The highest BCUT2D eigenvalue weighted by Gasteiger charge is 1.95. The molecule has 0 unspecified atom stereocenters. The molecule has 0 radical (unpaired) electrons. The zero-order valence-corrected chi connectivity index (χ0v) is 15.3. The van der Waals surface area contributed by atoms with Gasteiger partial charge in [0.2, 0.25) is 0 Å². The van der Waals surface area contributed by atoms with E-state index in [4.69, 9.17) is 4.74 Å². The number of carbonyl (C=O) groups is 1. The van der Waals surface area contributed by atoms with Crippen LogP contribution >= 0.6 is 0 Å². The first-order valence-electron chi connectivity index (χ1n) is 8.52. The zero-order chi connectivity index (χ0) is 16.2. The van der Waals surface area contributed by atoms with Crippen LogP contribution in [0.15, 0.2) is 0 Å². The highest BCUT2D eigenvalue weighted by atomic mass is 16.5. The largest absolute Gasteiger partial charge is 0.385 e. The van der Waals surface area contributed by atoms with Crippen molar-refractivity contribution in [2.75, 3.05) is 13.7 Å². The fourth-order valence-corrected chi connectivity index (χ4v) is 1.52. The first kappa shape index (κ1) is 24.6. The van der Waals surface area contributed by atoms with Gasteiger partial charge in [0.15, 0.2) is 0 Å². The van der Waals surface area contributed by atoms with Crippen LogP contribution < -0.4 is 0 Å². The molecule has 0 saturated heterocycles. The van der Waals surface area contributed by atoms with Gasteiger partial charge in [0.25, 0.3) is 0 Å². The SMILES string of the molecule is CC.CC(=O)CCC(C)C.CCCCCCCCOC. The van der Waals surface area contributed by atoms with Crippen molar-refractivity contribution in [2.24, 2.45) is 5.92 Å². The Morgan fingerprint density at radius 2 is 1.50 bits per heavy atom. The number of carbonyl (C=O) groups excluding carboxylic acids is 1. The van der Waals surface area contributed by atoms with E-state index in [-0.39, 0.29) is 0 Å². The molecule has 0 fully saturated rings. The summed E-state index contributed by atoms with van der Waals surface area (Å²) in [5.74, 6) is 0.970. The van der Waals surface area contributed by atoms with Crippen LogP contribution in [0.4, 0.5) is 0 Å². The first-order valence-corrected chi connectivity index (χ1v) is 8.52. The maximum absolute atomic E-state index is 10.3. The van der Waals surface area contributed by atoms with Crippen LogP contribution in [-0.2, 0) is 9.53 Å². The second-order valence-electron chi connectivity index (χ2n) is 5.40. The van der Waals surface area contributed by atoms with Gasteiger partial charge in [0.1, 0.15) is 5.78 Å². The van der Waals surface area contributed by atoms with E-state index in [2.05, 4.69) is 20.8 Å². The van der Waals surface area contributed by atoms with Crippen molar-refractivity contribution >= 4 is 5.78 Å². The lowest BCUT2D eigenvalue weighted by atomic mass is 10.1. The van der Waals surface area contributed by atoms with Crippen LogP contribution in [0.2, 0.25) is 0 Å². The molecule has 0 atom stereocenters. The van der Waals surface area contributed by atoms with Crippen molar-refractivity contribution in [3.8, 4) is 0 Å². The Hall–Kier alpha value is -0.370. The molecule has 0 aliphatic carbocycles. The van der Waals surface area contributed by atoms with Gasteiger partial charge in [0, 0.05) is 20.1 Å². The van der Waals surface area contributed by atoms with Crippen molar-refractivity contribution in [2.45, 2.75) is 92.9 Å². The number of unbranched alkanes of at least 4 members (excludes halogenated alkanes) is 5. The Morgan fingerprint density at radius 1 is 1.00 bits per heavy atom. The normalized spacial score (nSPS) is 9.40. The molecule has 124 valence electrons. The van der Waals surface area contributed by atoms with Crippen LogP contribution in [-0.4, -0.2) is 19.5 Å². The number of methoxy groups -OCH3 is 1. The molecular formula is C18H40O2. The van der Waals surface area contributed by atoms with Gasteiger partial charge in [-0.05, 0) is 25.7 Å². The summed E-state index contributed by atoms with van der Waals surface area (Å²) in [6.07, 6.45) is 9.88. The monoisotopic (exact) mass is 288 g/mol. The Bertz CT molecular complexity index is 157. The molecule has 0 spiro atoms. The number of ketones is 1. The molecule has 0 aromatic carbocycles. The second kappa shape index (κ2) is 23.7. The molecule has 2 nitrogen and oxygen atoms in total. The molecule has 0 aliphatic rings. The lowest BCUT2D eigenvalue weighted by Gasteiger charge is -1.98. The Morgan fingerprint density at radius 3 is 1.85 bits per heavy atom. The standard InChI is InChI=1S/C9H20O.C7H14O.C2H6/c1-3-4-5-6-7-8-9-10-2;1-6(2)4-5-7(3)8;1-2/h3-9H2,1-2H3;6H,4-5H2,1-3H3;1-2H3. The molecule has 0 rings (SSSR count). The average molecular weight is 289 g/mol. The second-order valence-corrected chi connectivity index (χ2v) is 5.40. The Labute approximate surface area is 128 Å². The third kappa shape index (κ3) is 36.0. The zero-order valence-electron chi connectivity index (χ0n) is 15.3. The van der Waals surface area contributed by atoms with E-state index in [0.29, 0.717) is 11.7 Å². The molecule has 0 aliphatic heterocycles. The summed E-state index contributed by atoms with van der Waals surface area (Å²) in [6, 6.07) is 0. The van der Waals surface area contributed by atoms with Gasteiger partial charge in [-0.25, -0.2) is 0 Å². The lowest BCUT2D eigenvalue weighted by molar-refractivity contribution is -0.117. The van der Waals surface area contributed by atoms with Crippen LogP contribution in [0.5, 0.6) is 0 Å². The highest BCUT2D eigenvalue weighted by Crippen LogP contribution is 2.04. The molecular weight excluding hydrogens is 248 g/mol. The summed E-state index contributed by atoms with van der Waals surface area (Å²) in [7, 11) is 1.77. The quantitative estimate of drug-likeness (QED) is 0.459. The molecule has 0 bridgehead atoms. The van der Waals surface area contributed by atoms with E-state index in [1.807, 2.05) is 13.8 Å². The molecule has 2 heteroatoms. The van der Waals surface area contributed by atoms with E-state index in [1.165, 1.54) is 38.5 Å². The summed E-state index contributed by atoms with van der Waals surface area (Å²) in [5.41, 5.74) is 0. The van der Waals surface area contributed by atoms with Gasteiger partial charge >= 0.3 is 0 Å². The fourth-order valence-electron chi connectivity index (χ4n) is 1.52. The summed E-state index contributed by atoms with van der Waals surface area (Å²) in [5, 5.41) is 0. The number of ether oxygens (including phenoxy) is 1. The minimum Gasteiger partial charge on any atom is -0.385 e. The van der Waals surface area contributed by atoms with E-state index >= 15 is 0 Å². The highest BCUT2D eigenvalue weighted by molar-refractivity contribution is 5.75. The number of hydrogen-bond acceptors (Lipinski definition) is 2. The summed E-state index contributed by atoms with van der Waals surface area (Å²) in [6.45, 7) is 13.1. The third-order valence-electron chi connectivity index (χ3n) is 2.78. The third-order valence-corrected chi connectivity index (χ3v) is 2.78. The lowest BCUT2D eigenvalue weighted by Crippen LogP contribution is -1.93. The van der Waals surface area contributed by atoms with Crippen molar-refractivity contribution in [1.82, 2.24) is 0 Å². The smallest absolute Gasteiger partial charge is 0.129 e. The van der Waals surface area contributed by atoms with Crippen molar-refractivity contribution in [3.05, 3.63) is 0 Å². The molecule has 0 N–H and O–H groups in total. The van der Waals surface area contributed by atoms with Crippen LogP contribution in [0.1, 0.15) is 92.9 Å². The number of rotatable bonds is 10. The minimum atomic E-state index is 0.304. The molecule has 0 aromatic rings. The van der Waals surface area contributed by atoms with Crippen molar-refractivity contribution in [3.63, 3.8) is 0 Å².